The normalized spacial score (nSPS) is 20.9. The van der Waals surface area contributed by atoms with Crippen LogP contribution in [0.15, 0.2) is 35.5 Å². The van der Waals surface area contributed by atoms with Gasteiger partial charge >= 0.3 is 0 Å². The number of piperidine rings is 1. The van der Waals surface area contributed by atoms with E-state index < -0.39 is 0 Å². The maximum absolute atomic E-state index is 12.9. The Morgan fingerprint density at radius 2 is 2.07 bits per heavy atom. The van der Waals surface area contributed by atoms with Crippen molar-refractivity contribution in [3.63, 3.8) is 0 Å². The number of fused-ring (bicyclic) bond motifs is 5. The van der Waals surface area contributed by atoms with Gasteiger partial charge in [-0.2, -0.15) is 0 Å². The Bertz CT molecular complexity index is 1150. The first-order chi connectivity index (χ1) is 13.5. The summed E-state index contributed by atoms with van der Waals surface area (Å²) in [5.41, 5.74) is 3.24. The van der Waals surface area contributed by atoms with Crippen LogP contribution in [0.5, 0.6) is 5.88 Å². The van der Waals surface area contributed by atoms with Gasteiger partial charge in [0.2, 0.25) is 11.6 Å². The molecule has 0 saturated carbocycles. The largest absolute Gasteiger partial charge is 0.478 e. The van der Waals surface area contributed by atoms with Crippen LogP contribution in [0.3, 0.4) is 0 Å². The van der Waals surface area contributed by atoms with E-state index in [1.165, 1.54) is 0 Å². The number of methoxy groups -OCH3 is 1. The zero-order valence-corrected chi connectivity index (χ0v) is 15.8. The fraction of sp³-hybridized carbons (Fsp3) is 0.400. The molecule has 28 heavy (non-hydrogen) atoms. The number of carbonyl (C=O) groups is 1. The van der Waals surface area contributed by atoms with Crippen molar-refractivity contribution in [3.05, 3.63) is 46.8 Å². The number of likely N-dealkylation sites (tertiary alicyclic amines) is 1. The van der Waals surface area contributed by atoms with Crippen molar-refractivity contribution in [2.24, 2.45) is 5.92 Å². The molecule has 8 nitrogen and oxygen atoms in total. The van der Waals surface area contributed by atoms with Crippen molar-refractivity contribution >= 4 is 11.6 Å². The minimum Gasteiger partial charge on any atom is -0.478 e. The number of carbonyl (C=O) groups excluding carboxylic acids is 1. The molecule has 1 fully saturated rings. The lowest BCUT2D eigenvalue weighted by Crippen LogP contribution is -2.48. The van der Waals surface area contributed by atoms with Gasteiger partial charge in [0.25, 0.3) is 11.4 Å². The molecule has 5 rings (SSSR count). The van der Waals surface area contributed by atoms with Gasteiger partial charge < -0.3 is 14.2 Å². The molecule has 0 aliphatic carbocycles. The first-order valence-electron chi connectivity index (χ1n) is 9.42. The molecular formula is C20H21N5O3. The third kappa shape index (κ3) is 2.51. The van der Waals surface area contributed by atoms with E-state index in [-0.39, 0.29) is 17.4 Å². The molecule has 5 heterocycles. The van der Waals surface area contributed by atoms with Gasteiger partial charge in [-0.1, -0.05) is 0 Å². The monoisotopic (exact) mass is 379 g/mol. The van der Waals surface area contributed by atoms with Crippen molar-refractivity contribution in [2.45, 2.75) is 25.8 Å². The number of hydrogen-bond acceptors (Lipinski definition) is 5. The number of ether oxygens (including phenoxy) is 1. The van der Waals surface area contributed by atoms with E-state index in [1.54, 1.807) is 32.5 Å². The fourth-order valence-electron chi connectivity index (χ4n) is 4.62. The molecule has 0 unspecified atom stereocenters. The third-order valence-corrected chi connectivity index (χ3v) is 5.89. The lowest BCUT2D eigenvalue weighted by Gasteiger charge is -2.42. The highest BCUT2D eigenvalue weighted by molar-refractivity contribution is 5.73. The van der Waals surface area contributed by atoms with E-state index >= 15 is 0 Å². The first kappa shape index (κ1) is 17.0. The smallest absolute Gasteiger partial charge is 0.258 e. The molecule has 0 radical (unpaired) electrons. The van der Waals surface area contributed by atoms with E-state index in [2.05, 4.69) is 16.0 Å². The van der Waals surface area contributed by atoms with Gasteiger partial charge in [-0.05, 0) is 18.4 Å². The van der Waals surface area contributed by atoms with Gasteiger partial charge in [0.1, 0.15) is 0 Å². The average molecular weight is 379 g/mol. The molecule has 3 aromatic rings. The molecule has 3 aromatic heterocycles. The van der Waals surface area contributed by atoms with Crippen LogP contribution in [-0.2, 0) is 11.3 Å². The Morgan fingerprint density at radius 1 is 1.21 bits per heavy atom. The standard InChI is InChI=1S/C20H21N5O3/c1-12(26)23-9-13-5-15(11-23)16-6-14(7-18(27)25(16)10-13)17-8-22-19-20(28-2)21-3-4-24(17)19/h3-4,6-8,13,15H,5,9-11H2,1-2H3/t13-,15+/m0/s1. The number of nitrogens with zero attached hydrogens (tertiary/aromatic N) is 5. The van der Waals surface area contributed by atoms with E-state index in [1.807, 2.05) is 20.1 Å². The van der Waals surface area contributed by atoms with Gasteiger partial charge in [0.15, 0.2) is 0 Å². The molecule has 0 spiro atoms. The van der Waals surface area contributed by atoms with Crippen LogP contribution < -0.4 is 10.3 Å². The minimum atomic E-state index is -0.00514. The number of hydrogen-bond donors (Lipinski definition) is 0. The quantitative estimate of drug-likeness (QED) is 0.675. The second-order valence-electron chi connectivity index (χ2n) is 7.61. The first-order valence-corrected chi connectivity index (χ1v) is 9.42. The Hall–Kier alpha value is -3.16. The molecule has 2 atom stereocenters. The van der Waals surface area contributed by atoms with Gasteiger partial charge in [-0.3, -0.25) is 14.0 Å². The molecule has 8 heteroatoms. The molecule has 144 valence electrons. The van der Waals surface area contributed by atoms with Crippen LogP contribution in [0.4, 0.5) is 0 Å². The lowest BCUT2D eigenvalue weighted by molar-refractivity contribution is -0.131. The fourth-order valence-corrected chi connectivity index (χ4v) is 4.62. The van der Waals surface area contributed by atoms with E-state index in [0.29, 0.717) is 30.5 Å². The van der Waals surface area contributed by atoms with Crippen LogP contribution in [0.1, 0.15) is 25.0 Å². The number of amides is 1. The van der Waals surface area contributed by atoms with Crippen molar-refractivity contribution in [2.75, 3.05) is 20.2 Å². The molecule has 0 N–H and O–H groups in total. The summed E-state index contributed by atoms with van der Waals surface area (Å²) in [5, 5.41) is 0. The highest BCUT2D eigenvalue weighted by Crippen LogP contribution is 2.36. The van der Waals surface area contributed by atoms with Gasteiger partial charge in [-0.25, -0.2) is 9.97 Å². The van der Waals surface area contributed by atoms with E-state index in [0.717, 1.165) is 29.9 Å². The Labute approximate surface area is 161 Å². The van der Waals surface area contributed by atoms with Crippen LogP contribution in [0, 0.1) is 5.92 Å². The predicted octanol–water partition coefficient (Wildman–Crippen LogP) is 1.53. The summed E-state index contributed by atoms with van der Waals surface area (Å²) in [6.07, 6.45) is 6.21. The summed E-state index contributed by atoms with van der Waals surface area (Å²) in [4.78, 5) is 35.3. The zero-order valence-electron chi connectivity index (χ0n) is 15.8. The number of imidazole rings is 1. The average Bonchev–Trinajstić information content (AvgIpc) is 3.12. The molecule has 2 aliphatic rings. The summed E-state index contributed by atoms with van der Waals surface area (Å²) in [7, 11) is 1.56. The predicted molar refractivity (Wildman–Crippen MR) is 102 cm³/mol. The van der Waals surface area contributed by atoms with Crippen LogP contribution in [-0.4, -0.2) is 49.9 Å². The summed E-state index contributed by atoms with van der Waals surface area (Å²) in [6.45, 7) is 3.68. The molecule has 2 bridgehead atoms. The highest BCUT2D eigenvalue weighted by atomic mass is 16.5. The Kier molecular flexibility index (Phi) is 3.75. The zero-order chi connectivity index (χ0) is 19.4. The SMILES string of the molecule is COc1nccn2c(-c3cc4n(c(=O)c3)C[C@H]3C[C@@H]4CN(C(C)=O)C3)cnc12. The molecule has 1 saturated heterocycles. The van der Waals surface area contributed by atoms with Crippen molar-refractivity contribution in [1.29, 1.82) is 0 Å². The second kappa shape index (κ2) is 6.19. The van der Waals surface area contributed by atoms with Crippen molar-refractivity contribution in [1.82, 2.24) is 23.8 Å². The van der Waals surface area contributed by atoms with Gasteiger partial charge in [0, 0.05) is 62.2 Å². The number of aromatic nitrogens is 4. The summed E-state index contributed by atoms with van der Waals surface area (Å²) >= 11 is 0. The Balaban J connectivity index is 1.63. The highest BCUT2D eigenvalue weighted by Gasteiger charge is 2.35. The van der Waals surface area contributed by atoms with Crippen LogP contribution in [0.2, 0.25) is 0 Å². The van der Waals surface area contributed by atoms with Gasteiger partial charge in [-0.15, -0.1) is 0 Å². The van der Waals surface area contributed by atoms with Crippen molar-refractivity contribution < 1.29 is 9.53 Å². The van der Waals surface area contributed by atoms with E-state index in [9.17, 15) is 9.59 Å². The maximum atomic E-state index is 12.9. The third-order valence-electron chi connectivity index (χ3n) is 5.89. The number of pyridine rings is 1. The summed E-state index contributed by atoms with van der Waals surface area (Å²) in [5.74, 6) is 1.06. The molecular weight excluding hydrogens is 358 g/mol. The summed E-state index contributed by atoms with van der Waals surface area (Å²) < 4.78 is 9.04. The van der Waals surface area contributed by atoms with Gasteiger partial charge in [0.05, 0.1) is 19.0 Å². The molecule has 1 amide bonds. The summed E-state index contributed by atoms with van der Waals surface area (Å²) in [6, 6.07) is 3.74. The molecule has 0 aromatic carbocycles. The second-order valence-corrected chi connectivity index (χ2v) is 7.61. The maximum Gasteiger partial charge on any atom is 0.258 e. The van der Waals surface area contributed by atoms with Crippen LogP contribution >= 0.6 is 0 Å². The minimum absolute atomic E-state index is 0.00514. The van der Waals surface area contributed by atoms with Crippen molar-refractivity contribution in [3.8, 4) is 17.1 Å². The number of rotatable bonds is 2. The van der Waals surface area contributed by atoms with Crippen LogP contribution in [0.25, 0.3) is 16.9 Å². The lowest BCUT2D eigenvalue weighted by atomic mass is 9.82. The Morgan fingerprint density at radius 3 is 2.86 bits per heavy atom. The molecule has 2 aliphatic heterocycles. The van der Waals surface area contributed by atoms with E-state index in [4.69, 9.17) is 4.74 Å². The topological polar surface area (TPSA) is 81.7 Å².